The summed E-state index contributed by atoms with van der Waals surface area (Å²) in [5.41, 5.74) is 3.01. The second-order valence-electron chi connectivity index (χ2n) is 5.20. The first-order valence-electron chi connectivity index (χ1n) is 7.31. The highest BCUT2D eigenvalue weighted by Gasteiger charge is 2.23. The molecule has 0 aliphatic heterocycles. The molecule has 0 aliphatic rings. The van der Waals surface area contributed by atoms with Gasteiger partial charge in [-0.25, -0.2) is 13.8 Å². The first-order chi connectivity index (χ1) is 11.8. The van der Waals surface area contributed by atoms with Crippen molar-refractivity contribution in [2.24, 2.45) is 5.10 Å². The SMILES string of the molecule is COc1ccc(S(=O)(=O)N(C)CC(=O)N/N=C\c2cccs2)cc1C. The first kappa shape index (κ1) is 19.1. The average Bonchev–Trinajstić information content (AvgIpc) is 3.08. The number of methoxy groups -OCH3 is 1. The number of benzene rings is 1. The van der Waals surface area contributed by atoms with Gasteiger partial charge in [-0.1, -0.05) is 6.07 Å². The zero-order chi connectivity index (χ0) is 18.4. The molecule has 9 heteroatoms. The van der Waals surface area contributed by atoms with Gasteiger partial charge in [0, 0.05) is 11.9 Å². The van der Waals surface area contributed by atoms with Crippen molar-refractivity contribution in [2.45, 2.75) is 11.8 Å². The van der Waals surface area contributed by atoms with Crippen LogP contribution in [0.5, 0.6) is 5.75 Å². The van der Waals surface area contributed by atoms with Gasteiger partial charge in [0.25, 0.3) is 5.91 Å². The molecule has 0 aliphatic carbocycles. The zero-order valence-electron chi connectivity index (χ0n) is 14.1. The number of carbonyl (C=O) groups is 1. The fourth-order valence-electron chi connectivity index (χ4n) is 2.05. The summed E-state index contributed by atoms with van der Waals surface area (Å²) in [5.74, 6) is 0.0753. The summed E-state index contributed by atoms with van der Waals surface area (Å²) in [4.78, 5) is 12.9. The van der Waals surface area contributed by atoms with Crippen LogP contribution in [0, 0.1) is 6.92 Å². The Hall–Kier alpha value is -2.23. The molecule has 0 saturated carbocycles. The lowest BCUT2D eigenvalue weighted by Crippen LogP contribution is -2.36. The van der Waals surface area contributed by atoms with E-state index < -0.39 is 15.9 Å². The molecule has 0 unspecified atom stereocenters. The summed E-state index contributed by atoms with van der Waals surface area (Å²) in [6, 6.07) is 8.26. The van der Waals surface area contributed by atoms with Crippen molar-refractivity contribution in [2.75, 3.05) is 20.7 Å². The number of aryl methyl sites for hydroxylation is 1. The van der Waals surface area contributed by atoms with Gasteiger partial charge in [-0.2, -0.15) is 9.41 Å². The standard InChI is InChI=1S/C16H19N3O4S2/c1-12-9-14(6-7-15(12)23-3)25(21,22)19(2)11-16(20)18-17-10-13-5-4-8-24-13/h4-10H,11H2,1-3H3,(H,18,20)/b17-10-. The van der Waals surface area contributed by atoms with Crippen LogP contribution in [-0.4, -0.2) is 45.5 Å². The molecule has 25 heavy (non-hydrogen) atoms. The second-order valence-corrected chi connectivity index (χ2v) is 8.23. The van der Waals surface area contributed by atoms with E-state index in [2.05, 4.69) is 10.5 Å². The van der Waals surface area contributed by atoms with Crippen LogP contribution in [-0.2, 0) is 14.8 Å². The molecule has 1 heterocycles. The molecule has 1 aromatic carbocycles. The van der Waals surface area contributed by atoms with Gasteiger partial charge in [0.1, 0.15) is 5.75 Å². The van der Waals surface area contributed by atoms with Gasteiger partial charge >= 0.3 is 0 Å². The van der Waals surface area contributed by atoms with E-state index in [0.717, 1.165) is 9.18 Å². The number of sulfonamides is 1. The van der Waals surface area contributed by atoms with Gasteiger partial charge in [-0.3, -0.25) is 4.79 Å². The number of hydrogen-bond acceptors (Lipinski definition) is 6. The molecule has 1 N–H and O–H groups in total. The van der Waals surface area contributed by atoms with Gasteiger partial charge in [0.15, 0.2) is 0 Å². The van der Waals surface area contributed by atoms with Crippen molar-refractivity contribution in [3.63, 3.8) is 0 Å². The number of carbonyl (C=O) groups excluding carboxylic acids is 1. The Morgan fingerprint density at radius 3 is 2.76 bits per heavy atom. The lowest BCUT2D eigenvalue weighted by atomic mass is 10.2. The highest BCUT2D eigenvalue weighted by molar-refractivity contribution is 7.89. The molecule has 1 aromatic heterocycles. The van der Waals surface area contributed by atoms with Crippen LogP contribution in [0.4, 0.5) is 0 Å². The minimum atomic E-state index is -3.78. The lowest BCUT2D eigenvalue weighted by molar-refractivity contribution is -0.121. The number of likely N-dealkylation sites (N-methyl/N-ethyl adjacent to an activating group) is 1. The smallest absolute Gasteiger partial charge is 0.255 e. The van der Waals surface area contributed by atoms with Crippen LogP contribution >= 0.6 is 11.3 Å². The van der Waals surface area contributed by atoms with Crippen LogP contribution in [0.3, 0.4) is 0 Å². The number of ether oxygens (including phenoxy) is 1. The van der Waals surface area contributed by atoms with Gasteiger partial charge in [-0.15, -0.1) is 11.3 Å². The van der Waals surface area contributed by atoms with Crippen molar-refractivity contribution >= 4 is 33.5 Å². The molecule has 0 radical (unpaired) electrons. The van der Waals surface area contributed by atoms with Crippen molar-refractivity contribution in [3.05, 3.63) is 46.2 Å². The van der Waals surface area contributed by atoms with E-state index in [9.17, 15) is 13.2 Å². The Morgan fingerprint density at radius 2 is 2.16 bits per heavy atom. The van der Waals surface area contributed by atoms with Crippen molar-refractivity contribution in [1.29, 1.82) is 0 Å². The molecule has 0 spiro atoms. The number of amides is 1. The monoisotopic (exact) mass is 381 g/mol. The Kier molecular flexibility index (Phi) is 6.29. The summed E-state index contributed by atoms with van der Waals surface area (Å²) in [5, 5.41) is 5.70. The third-order valence-corrected chi connectivity index (χ3v) is 5.97. The second kappa shape index (κ2) is 8.24. The highest BCUT2D eigenvalue weighted by Crippen LogP contribution is 2.23. The van der Waals surface area contributed by atoms with E-state index in [1.54, 1.807) is 13.0 Å². The van der Waals surface area contributed by atoms with E-state index in [1.165, 1.54) is 43.8 Å². The number of rotatable bonds is 7. The zero-order valence-corrected chi connectivity index (χ0v) is 15.7. The van der Waals surface area contributed by atoms with E-state index in [4.69, 9.17) is 4.74 Å². The van der Waals surface area contributed by atoms with Crippen LogP contribution in [0.15, 0.2) is 45.7 Å². The molecule has 1 amide bonds. The fourth-order valence-corrected chi connectivity index (χ4v) is 3.84. The third-order valence-electron chi connectivity index (χ3n) is 3.36. The molecule has 7 nitrogen and oxygen atoms in total. The number of hydrogen-bond donors (Lipinski definition) is 1. The summed E-state index contributed by atoms with van der Waals surface area (Å²) in [6.07, 6.45) is 1.50. The highest BCUT2D eigenvalue weighted by atomic mass is 32.2. The Morgan fingerprint density at radius 1 is 1.40 bits per heavy atom. The van der Waals surface area contributed by atoms with E-state index in [1.807, 2.05) is 17.5 Å². The quantitative estimate of drug-likeness (QED) is 0.585. The minimum Gasteiger partial charge on any atom is -0.496 e. The summed E-state index contributed by atoms with van der Waals surface area (Å²) in [6.45, 7) is 1.42. The first-order valence-corrected chi connectivity index (χ1v) is 9.63. The molecular formula is C16H19N3O4S2. The molecule has 0 saturated heterocycles. The third kappa shape index (κ3) is 4.88. The van der Waals surface area contributed by atoms with Crippen LogP contribution < -0.4 is 10.2 Å². The largest absolute Gasteiger partial charge is 0.496 e. The Balaban J connectivity index is 2.01. The van der Waals surface area contributed by atoms with Crippen LogP contribution in [0.2, 0.25) is 0 Å². The molecule has 0 bridgehead atoms. The van der Waals surface area contributed by atoms with Gasteiger partial charge < -0.3 is 4.74 Å². The van der Waals surface area contributed by atoms with Crippen molar-refractivity contribution in [3.8, 4) is 5.75 Å². The van der Waals surface area contributed by atoms with Crippen LogP contribution in [0.25, 0.3) is 0 Å². The van der Waals surface area contributed by atoms with E-state index >= 15 is 0 Å². The number of thiophene rings is 1. The van der Waals surface area contributed by atoms with Crippen LogP contribution in [0.1, 0.15) is 10.4 Å². The summed E-state index contributed by atoms with van der Waals surface area (Å²) >= 11 is 1.48. The molecule has 2 aromatic rings. The summed E-state index contributed by atoms with van der Waals surface area (Å²) in [7, 11) is -0.920. The summed E-state index contributed by atoms with van der Waals surface area (Å²) < 4.78 is 31.2. The fraction of sp³-hybridized carbons (Fsp3) is 0.250. The maximum Gasteiger partial charge on any atom is 0.255 e. The average molecular weight is 381 g/mol. The molecule has 2 rings (SSSR count). The van der Waals surface area contributed by atoms with Crippen molar-refractivity contribution < 1.29 is 17.9 Å². The van der Waals surface area contributed by atoms with E-state index in [-0.39, 0.29) is 11.4 Å². The Labute approximate surface area is 151 Å². The molecule has 134 valence electrons. The van der Waals surface area contributed by atoms with Gasteiger partial charge in [0.05, 0.1) is 24.8 Å². The normalized spacial score (nSPS) is 11.8. The van der Waals surface area contributed by atoms with Crippen molar-refractivity contribution in [1.82, 2.24) is 9.73 Å². The molecular weight excluding hydrogens is 362 g/mol. The number of hydrazone groups is 1. The Bertz CT molecular complexity index is 862. The van der Waals surface area contributed by atoms with E-state index in [0.29, 0.717) is 11.3 Å². The van der Waals surface area contributed by atoms with Gasteiger partial charge in [0.2, 0.25) is 10.0 Å². The topological polar surface area (TPSA) is 88.1 Å². The maximum atomic E-state index is 12.5. The number of nitrogens with one attached hydrogen (secondary N) is 1. The number of nitrogens with zero attached hydrogens (tertiary/aromatic N) is 2. The predicted octanol–water partition coefficient (Wildman–Crippen LogP) is 1.84. The molecule has 0 fully saturated rings. The lowest BCUT2D eigenvalue weighted by Gasteiger charge is -2.17. The predicted molar refractivity (Wildman–Crippen MR) is 97.6 cm³/mol. The van der Waals surface area contributed by atoms with Gasteiger partial charge in [-0.05, 0) is 42.1 Å². The molecule has 0 atom stereocenters. The minimum absolute atomic E-state index is 0.100. The maximum absolute atomic E-state index is 12.5.